The van der Waals surface area contributed by atoms with Gasteiger partial charge in [0.25, 0.3) is 0 Å². The monoisotopic (exact) mass is 275 g/mol. The quantitative estimate of drug-likeness (QED) is 0.877. The van der Waals surface area contributed by atoms with Crippen LogP contribution in [-0.2, 0) is 6.42 Å². The van der Waals surface area contributed by atoms with E-state index in [4.69, 9.17) is 22.1 Å². The van der Waals surface area contributed by atoms with Crippen LogP contribution in [0.25, 0.3) is 0 Å². The maximum atomic E-state index is 6.20. The van der Waals surface area contributed by atoms with Gasteiger partial charge in [0.05, 0.1) is 5.02 Å². The number of aryl methyl sites for hydroxylation is 1. The van der Waals surface area contributed by atoms with Crippen LogP contribution >= 0.6 is 11.6 Å². The van der Waals surface area contributed by atoms with E-state index in [1.165, 1.54) is 5.56 Å². The molecule has 0 saturated carbocycles. The van der Waals surface area contributed by atoms with Crippen LogP contribution in [0.3, 0.4) is 0 Å². The third-order valence-electron chi connectivity index (χ3n) is 3.04. The molecule has 0 aliphatic rings. The number of benzene rings is 2. The van der Waals surface area contributed by atoms with E-state index in [1.54, 1.807) is 0 Å². The lowest BCUT2D eigenvalue weighted by atomic mass is 10.1. The molecule has 0 aliphatic heterocycles. The Bertz CT molecular complexity index is 549. The molecule has 0 bridgehead atoms. The lowest BCUT2D eigenvalue weighted by Gasteiger charge is -2.11. The molecule has 0 spiro atoms. The Hall–Kier alpha value is -1.51. The van der Waals surface area contributed by atoms with E-state index in [0.29, 0.717) is 10.8 Å². The second kappa shape index (κ2) is 6.09. The first kappa shape index (κ1) is 13.9. The Morgan fingerprint density at radius 3 is 2.37 bits per heavy atom. The topological polar surface area (TPSA) is 35.2 Å². The summed E-state index contributed by atoms with van der Waals surface area (Å²) in [7, 11) is 0. The summed E-state index contributed by atoms with van der Waals surface area (Å²) >= 11 is 6.20. The molecule has 2 N–H and O–H groups in total. The van der Waals surface area contributed by atoms with E-state index in [0.717, 1.165) is 17.7 Å². The SMILES string of the molecule is CCc1ccc(Oc2ccc([C@H](C)N)cc2Cl)cc1. The van der Waals surface area contributed by atoms with Crippen molar-refractivity contribution in [1.82, 2.24) is 0 Å². The van der Waals surface area contributed by atoms with Crippen molar-refractivity contribution in [2.45, 2.75) is 26.3 Å². The summed E-state index contributed by atoms with van der Waals surface area (Å²) in [5.74, 6) is 1.43. The lowest BCUT2D eigenvalue weighted by molar-refractivity contribution is 0.482. The van der Waals surface area contributed by atoms with Crippen LogP contribution < -0.4 is 10.5 Å². The van der Waals surface area contributed by atoms with Crippen molar-refractivity contribution in [1.29, 1.82) is 0 Å². The van der Waals surface area contributed by atoms with Gasteiger partial charge < -0.3 is 10.5 Å². The molecule has 19 heavy (non-hydrogen) atoms. The minimum absolute atomic E-state index is 0.0320. The number of halogens is 1. The van der Waals surface area contributed by atoms with Crippen LogP contribution in [-0.4, -0.2) is 0 Å². The molecule has 3 heteroatoms. The first-order valence-corrected chi connectivity index (χ1v) is 6.79. The van der Waals surface area contributed by atoms with Crippen molar-refractivity contribution in [2.75, 3.05) is 0 Å². The summed E-state index contributed by atoms with van der Waals surface area (Å²) in [6.45, 7) is 4.05. The van der Waals surface area contributed by atoms with E-state index in [1.807, 2.05) is 37.3 Å². The highest BCUT2D eigenvalue weighted by Gasteiger charge is 2.07. The maximum Gasteiger partial charge on any atom is 0.146 e. The molecular formula is C16H18ClNO. The van der Waals surface area contributed by atoms with E-state index in [9.17, 15) is 0 Å². The molecule has 0 amide bonds. The van der Waals surface area contributed by atoms with Crippen LogP contribution in [0.4, 0.5) is 0 Å². The summed E-state index contributed by atoms with van der Waals surface area (Å²) in [4.78, 5) is 0. The summed E-state index contributed by atoms with van der Waals surface area (Å²) in [5, 5.41) is 0.578. The number of nitrogens with two attached hydrogens (primary N) is 1. The first-order valence-electron chi connectivity index (χ1n) is 6.42. The third-order valence-corrected chi connectivity index (χ3v) is 3.34. The Morgan fingerprint density at radius 1 is 1.16 bits per heavy atom. The molecule has 2 rings (SSSR count). The van der Waals surface area contributed by atoms with Gasteiger partial charge in [-0.15, -0.1) is 0 Å². The van der Waals surface area contributed by atoms with Gasteiger partial charge in [-0.1, -0.05) is 36.7 Å². The number of ether oxygens (including phenoxy) is 1. The van der Waals surface area contributed by atoms with Gasteiger partial charge in [-0.3, -0.25) is 0 Å². The minimum Gasteiger partial charge on any atom is -0.456 e. The molecule has 2 aromatic rings. The van der Waals surface area contributed by atoms with Crippen molar-refractivity contribution in [3.63, 3.8) is 0 Å². The van der Waals surface area contributed by atoms with Crippen LogP contribution in [0.1, 0.15) is 31.0 Å². The summed E-state index contributed by atoms with van der Waals surface area (Å²) in [6, 6.07) is 13.6. The average molecular weight is 276 g/mol. The van der Waals surface area contributed by atoms with E-state index in [-0.39, 0.29) is 6.04 Å². The van der Waals surface area contributed by atoms with Gasteiger partial charge in [-0.05, 0) is 48.7 Å². The predicted molar refractivity (Wildman–Crippen MR) is 79.9 cm³/mol. The van der Waals surface area contributed by atoms with Gasteiger partial charge >= 0.3 is 0 Å². The first-order chi connectivity index (χ1) is 9.10. The van der Waals surface area contributed by atoms with Crippen molar-refractivity contribution in [2.24, 2.45) is 5.73 Å². The van der Waals surface area contributed by atoms with Gasteiger partial charge in [-0.2, -0.15) is 0 Å². The zero-order valence-electron chi connectivity index (χ0n) is 11.2. The van der Waals surface area contributed by atoms with Crippen LogP contribution in [0.5, 0.6) is 11.5 Å². The van der Waals surface area contributed by atoms with Gasteiger partial charge in [0.15, 0.2) is 0 Å². The predicted octanol–water partition coefficient (Wildman–Crippen LogP) is 4.71. The minimum atomic E-state index is -0.0320. The fourth-order valence-corrected chi connectivity index (χ4v) is 2.03. The highest BCUT2D eigenvalue weighted by molar-refractivity contribution is 6.32. The highest BCUT2D eigenvalue weighted by Crippen LogP contribution is 2.31. The smallest absolute Gasteiger partial charge is 0.146 e. The second-order valence-electron chi connectivity index (χ2n) is 4.58. The Balaban J connectivity index is 2.18. The van der Waals surface area contributed by atoms with Crippen molar-refractivity contribution >= 4 is 11.6 Å². The molecule has 1 atom stereocenters. The van der Waals surface area contributed by atoms with E-state index >= 15 is 0 Å². The number of hydrogen-bond donors (Lipinski definition) is 1. The molecule has 0 radical (unpaired) electrons. The molecule has 2 aromatic carbocycles. The maximum absolute atomic E-state index is 6.20. The Morgan fingerprint density at radius 2 is 1.84 bits per heavy atom. The van der Waals surface area contributed by atoms with Gasteiger partial charge in [0, 0.05) is 6.04 Å². The van der Waals surface area contributed by atoms with Crippen LogP contribution in [0, 0.1) is 0 Å². The van der Waals surface area contributed by atoms with E-state index < -0.39 is 0 Å². The molecule has 0 aromatic heterocycles. The van der Waals surface area contributed by atoms with Gasteiger partial charge in [0.1, 0.15) is 11.5 Å². The Labute approximate surface area is 119 Å². The molecule has 0 unspecified atom stereocenters. The van der Waals surface area contributed by atoms with Gasteiger partial charge in [0.2, 0.25) is 0 Å². The summed E-state index contributed by atoms with van der Waals surface area (Å²) < 4.78 is 5.77. The standard InChI is InChI=1S/C16H18ClNO/c1-3-12-4-7-14(8-5-12)19-16-9-6-13(11(2)18)10-15(16)17/h4-11H,3,18H2,1-2H3/t11-/m0/s1. The zero-order valence-corrected chi connectivity index (χ0v) is 11.9. The third kappa shape index (κ3) is 3.49. The molecule has 0 heterocycles. The molecule has 0 fully saturated rings. The Kier molecular flexibility index (Phi) is 4.46. The summed E-state index contributed by atoms with van der Waals surface area (Å²) in [5.41, 5.74) is 8.10. The van der Waals surface area contributed by atoms with Gasteiger partial charge in [-0.25, -0.2) is 0 Å². The number of hydrogen-bond acceptors (Lipinski definition) is 2. The van der Waals surface area contributed by atoms with Crippen molar-refractivity contribution in [3.8, 4) is 11.5 Å². The number of rotatable bonds is 4. The van der Waals surface area contributed by atoms with Crippen molar-refractivity contribution < 1.29 is 4.74 Å². The van der Waals surface area contributed by atoms with Crippen LogP contribution in [0.15, 0.2) is 42.5 Å². The molecule has 0 saturated heterocycles. The van der Waals surface area contributed by atoms with Crippen molar-refractivity contribution in [3.05, 3.63) is 58.6 Å². The molecule has 2 nitrogen and oxygen atoms in total. The molecule has 100 valence electrons. The largest absolute Gasteiger partial charge is 0.456 e. The van der Waals surface area contributed by atoms with E-state index in [2.05, 4.69) is 19.1 Å². The fourth-order valence-electron chi connectivity index (χ4n) is 1.80. The highest BCUT2D eigenvalue weighted by atomic mass is 35.5. The average Bonchev–Trinajstić information content (AvgIpc) is 2.41. The lowest BCUT2D eigenvalue weighted by Crippen LogP contribution is -2.04. The zero-order chi connectivity index (χ0) is 13.8. The molecule has 0 aliphatic carbocycles. The molecular weight excluding hydrogens is 258 g/mol. The second-order valence-corrected chi connectivity index (χ2v) is 4.99. The fraction of sp³-hybridized carbons (Fsp3) is 0.250. The summed E-state index contributed by atoms with van der Waals surface area (Å²) in [6.07, 6.45) is 1.02. The van der Waals surface area contributed by atoms with Crippen LogP contribution in [0.2, 0.25) is 5.02 Å². The normalized spacial score (nSPS) is 12.2.